The van der Waals surface area contributed by atoms with Crippen molar-refractivity contribution in [2.24, 2.45) is 5.73 Å². The fraction of sp³-hybridized carbons (Fsp3) is 0.500. The van der Waals surface area contributed by atoms with Crippen LogP contribution >= 0.6 is 0 Å². The summed E-state index contributed by atoms with van der Waals surface area (Å²) in [6.45, 7) is 0. The van der Waals surface area contributed by atoms with Crippen LogP contribution in [0.15, 0.2) is 18.3 Å². The lowest BCUT2D eigenvalue weighted by Gasteiger charge is -2.16. The minimum absolute atomic E-state index is 0.138. The van der Waals surface area contributed by atoms with Gasteiger partial charge in [0.2, 0.25) is 0 Å². The molecular weight excluding hydrogens is 188 g/mol. The fourth-order valence-corrected chi connectivity index (χ4v) is 2.63. The van der Waals surface area contributed by atoms with Crippen LogP contribution in [0.2, 0.25) is 0 Å². The Bertz CT molecular complexity index is 423. The lowest BCUT2D eigenvalue weighted by molar-refractivity contribution is -0.119. The summed E-state index contributed by atoms with van der Waals surface area (Å²) in [7, 11) is 0. The molecule has 0 radical (unpaired) electrons. The molecule has 0 bridgehead atoms. The monoisotopic (exact) mass is 202 g/mol. The molecule has 0 saturated heterocycles. The van der Waals surface area contributed by atoms with E-state index in [1.165, 1.54) is 5.56 Å². The zero-order chi connectivity index (χ0) is 10.5. The first-order valence-corrected chi connectivity index (χ1v) is 5.44. The van der Waals surface area contributed by atoms with Crippen molar-refractivity contribution in [2.45, 2.75) is 37.1 Å². The Morgan fingerprint density at radius 2 is 2.27 bits per heavy atom. The number of nitrogens with zero attached hydrogens (tertiary/aromatic N) is 1. The third-order valence-corrected chi connectivity index (χ3v) is 3.68. The molecule has 1 unspecified atom stereocenters. The van der Waals surface area contributed by atoms with Crippen molar-refractivity contribution >= 4 is 5.78 Å². The van der Waals surface area contributed by atoms with Gasteiger partial charge >= 0.3 is 0 Å². The standard InChI is InChI=1S/C12H14N2O/c13-9-7-12(3-4-12)8-2-1-5-14-10(8)6-11(9)15/h1-2,5,9H,3-4,6-7,13H2. The second kappa shape index (κ2) is 2.89. The molecule has 0 aliphatic heterocycles. The number of fused-ring (bicyclic) bond motifs is 2. The van der Waals surface area contributed by atoms with Crippen LogP contribution < -0.4 is 5.73 Å². The predicted molar refractivity (Wildman–Crippen MR) is 56.5 cm³/mol. The Balaban J connectivity index is 2.12. The van der Waals surface area contributed by atoms with Crippen molar-refractivity contribution in [3.8, 4) is 0 Å². The van der Waals surface area contributed by atoms with Crippen molar-refractivity contribution in [1.29, 1.82) is 0 Å². The van der Waals surface area contributed by atoms with Crippen LogP contribution in [0.25, 0.3) is 0 Å². The summed E-state index contributed by atoms with van der Waals surface area (Å²) in [6, 6.07) is 3.78. The number of nitrogens with two attached hydrogens (primary N) is 1. The first-order valence-electron chi connectivity index (χ1n) is 5.44. The molecule has 2 aliphatic rings. The molecular formula is C12H14N2O. The molecule has 3 rings (SSSR count). The molecule has 1 spiro atoms. The summed E-state index contributed by atoms with van der Waals surface area (Å²) < 4.78 is 0. The number of rotatable bonds is 0. The van der Waals surface area contributed by atoms with E-state index in [0.29, 0.717) is 6.42 Å². The Hall–Kier alpha value is -1.22. The van der Waals surface area contributed by atoms with E-state index in [4.69, 9.17) is 5.73 Å². The summed E-state index contributed by atoms with van der Waals surface area (Å²) in [5.41, 5.74) is 8.31. The Morgan fingerprint density at radius 1 is 1.47 bits per heavy atom. The Labute approximate surface area is 88.7 Å². The van der Waals surface area contributed by atoms with E-state index in [2.05, 4.69) is 11.1 Å². The molecule has 1 heterocycles. The van der Waals surface area contributed by atoms with Gasteiger partial charge in [0.25, 0.3) is 0 Å². The van der Waals surface area contributed by atoms with Gasteiger partial charge in [0.05, 0.1) is 18.2 Å². The summed E-state index contributed by atoms with van der Waals surface area (Å²) in [5, 5.41) is 0. The molecule has 1 aromatic rings. The van der Waals surface area contributed by atoms with E-state index >= 15 is 0 Å². The van der Waals surface area contributed by atoms with Gasteiger partial charge in [-0.3, -0.25) is 9.78 Å². The van der Waals surface area contributed by atoms with Crippen LogP contribution in [0.5, 0.6) is 0 Å². The number of hydrogen-bond donors (Lipinski definition) is 1. The van der Waals surface area contributed by atoms with Gasteiger partial charge in [-0.1, -0.05) is 6.07 Å². The van der Waals surface area contributed by atoms with Crippen molar-refractivity contribution in [3.05, 3.63) is 29.6 Å². The van der Waals surface area contributed by atoms with E-state index in [-0.39, 0.29) is 17.2 Å². The quantitative estimate of drug-likeness (QED) is 0.681. The van der Waals surface area contributed by atoms with Crippen LogP contribution in [-0.2, 0) is 16.6 Å². The van der Waals surface area contributed by atoms with Crippen molar-refractivity contribution < 1.29 is 4.79 Å². The minimum atomic E-state index is -0.290. The summed E-state index contributed by atoms with van der Waals surface area (Å²) in [4.78, 5) is 16.1. The molecule has 3 nitrogen and oxygen atoms in total. The molecule has 1 aromatic heterocycles. The van der Waals surface area contributed by atoms with Gasteiger partial charge in [0, 0.05) is 6.20 Å². The van der Waals surface area contributed by atoms with Gasteiger partial charge in [0.15, 0.2) is 5.78 Å². The smallest absolute Gasteiger partial charge is 0.155 e. The predicted octanol–water partition coefficient (Wildman–Crippen LogP) is 0.956. The highest BCUT2D eigenvalue weighted by Gasteiger charge is 2.49. The second-order valence-corrected chi connectivity index (χ2v) is 4.73. The van der Waals surface area contributed by atoms with Crippen molar-refractivity contribution in [3.63, 3.8) is 0 Å². The first kappa shape index (κ1) is 9.04. The van der Waals surface area contributed by atoms with Crippen LogP contribution in [0.3, 0.4) is 0 Å². The third-order valence-electron chi connectivity index (χ3n) is 3.68. The molecule has 3 heteroatoms. The highest BCUT2D eigenvalue weighted by atomic mass is 16.1. The average molecular weight is 202 g/mol. The highest BCUT2D eigenvalue weighted by Crippen LogP contribution is 2.53. The molecule has 2 N–H and O–H groups in total. The average Bonchev–Trinajstić information content (AvgIpc) is 2.99. The van der Waals surface area contributed by atoms with Gasteiger partial charge < -0.3 is 5.73 Å². The number of Topliss-reactive ketones (excluding diaryl/α,β-unsaturated/α-hetero) is 1. The van der Waals surface area contributed by atoms with Crippen LogP contribution in [-0.4, -0.2) is 16.8 Å². The van der Waals surface area contributed by atoms with Gasteiger partial charge in [-0.2, -0.15) is 0 Å². The number of ketones is 1. The van der Waals surface area contributed by atoms with E-state index in [1.54, 1.807) is 6.20 Å². The summed E-state index contributed by atoms with van der Waals surface area (Å²) in [6.07, 6.45) is 5.31. The zero-order valence-electron chi connectivity index (χ0n) is 8.57. The number of carbonyl (C=O) groups excluding carboxylic acids is 1. The SMILES string of the molecule is NC1CC2(CC2)c2cccnc2CC1=O. The summed E-state index contributed by atoms with van der Waals surface area (Å²) >= 11 is 0. The van der Waals surface area contributed by atoms with E-state index < -0.39 is 0 Å². The molecule has 1 atom stereocenters. The molecule has 0 amide bonds. The summed E-state index contributed by atoms with van der Waals surface area (Å²) in [5.74, 6) is 0.138. The molecule has 78 valence electrons. The minimum Gasteiger partial charge on any atom is -0.321 e. The number of carbonyl (C=O) groups is 1. The fourth-order valence-electron chi connectivity index (χ4n) is 2.63. The van der Waals surface area contributed by atoms with E-state index in [0.717, 1.165) is 25.0 Å². The molecule has 15 heavy (non-hydrogen) atoms. The maximum atomic E-state index is 11.7. The highest BCUT2D eigenvalue weighted by molar-refractivity contribution is 5.87. The second-order valence-electron chi connectivity index (χ2n) is 4.73. The van der Waals surface area contributed by atoms with E-state index in [9.17, 15) is 4.79 Å². The largest absolute Gasteiger partial charge is 0.321 e. The maximum absolute atomic E-state index is 11.7. The van der Waals surface area contributed by atoms with Crippen LogP contribution in [0.1, 0.15) is 30.5 Å². The maximum Gasteiger partial charge on any atom is 0.155 e. The lowest BCUT2D eigenvalue weighted by Crippen LogP contribution is -2.32. The molecule has 0 aromatic carbocycles. The Kier molecular flexibility index (Phi) is 1.74. The number of pyridine rings is 1. The van der Waals surface area contributed by atoms with Gasteiger partial charge in [-0.15, -0.1) is 0 Å². The first-order chi connectivity index (χ1) is 7.21. The van der Waals surface area contributed by atoms with E-state index in [1.807, 2.05) is 6.07 Å². The molecule has 1 fully saturated rings. The van der Waals surface area contributed by atoms with Crippen molar-refractivity contribution in [2.75, 3.05) is 0 Å². The van der Waals surface area contributed by atoms with Crippen LogP contribution in [0.4, 0.5) is 0 Å². The number of hydrogen-bond acceptors (Lipinski definition) is 3. The Morgan fingerprint density at radius 3 is 3.00 bits per heavy atom. The lowest BCUT2D eigenvalue weighted by atomic mass is 9.90. The third kappa shape index (κ3) is 1.30. The van der Waals surface area contributed by atoms with Gasteiger partial charge in [-0.25, -0.2) is 0 Å². The topological polar surface area (TPSA) is 56.0 Å². The molecule has 1 saturated carbocycles. The normalized spacial score (nSPS) is 27.3. The number of aromatic nitrogens is 1. The zero-order valence-corrected chi connectivity index (χ0v) is 8.57. The van der Waals surface area contributed by atoms with Gasteiger partial charge in [0.1, 0.15) is 0 Å². The molecule has 2 aliphatic carbocycles. The van der Waals surface area contributed by atoms with Crippen molar-refractivity contribution in [1.82, 2.24) is 4.98 Å². The van der Waals surface area contributed by atoms with Crippen LogP contribution in [0, 0.1) is 0 Å². The van der Waals surface area contributed by atoms with Gasteiger partial charge in [-0.05, 0) is 36.3 Å².